The van der Waals surface area contributed by atoms with Gasteiger partial charge in [0.25, 0.3) is 0 Å². The molecule has 0 N–H and O–H groups in total. The second kappa shape index (κ2) is 4.42. The molecule has 0 aliphatic carbocycles. The van der Waals surface area contributed by atoms with Gasteiger partial charge in [0, 0.05) is 22.7 Å². The molecule has 0 bridgehead atoms. The van der Waals surface area contributed by atoms with Crippen LogP contribution in [-0.4, -0.2) is 14.5 Å². The molecule has 0 aliphatic rings. The van der Waals surface area contributed by atoms with Crippen LogP contribution in [0.3, 0.4) is 0 Å². The van der Waals surface area contributed by atoms with E-state index in [-0.39, 0.29) is 0 Å². The highest BCUT2D eigenvalue weighted by Crippen LogP contribution is 2.31. The number of aryl methyl sites for hydroxylation is 2. The zero-order valence-electron chi connectivity index (χ0n) is 12.0. The van der Waals surface area contributed by atoms with E-state index < -0.39 is 0 Å². The Kier molecular flexibility index (Phi) is 2.54. The summed E-state index contributed by atoms with van der Waals surface area (Å²) >= 11 is 0. The molecule has 3 heteroatoms. The Balaban J connectivity index is 2.21. The van der Waals surface area contributed by atoms with Crippen molar-refractivity contribution in [3.8, 4) is 5.95 Å². The van der Waals surface area contributed by atoms with Gasteiger partial charge in [0.2, 0.25) is 5.95 Å². The lowest BCUT2D eigenvalue weighted by atomic mass is 10.1. The maximum absolute atomic E-state index is 4.60. The third-order valence-corrected chi connectivity index (χ3v) is 3.81. The fourth-order valence-electron chi connectivity index (χ4n) is 2.84. The summed E-state index contributed by atoms with van der Waals surface area (Å²) in [5, 5.41) is 2.47. The number of hydrogen-bond acceptors (Lipinski definition) is 2. The van der Waals surface area contributed by atoms with Crippen LogP contribution in [0.25, 0.3) is 27.8 Å². The second-order valence-corrected chi connectivity index (χ2v) is 5.37. The Labute approximate surface area is 122 Å². The minimum atomic E-state index is 0.729. The van der Waals surface area contributed by atoms with Gasteiger partial charge in [-0.05, 0) is 37.6 Å². The van der Waals surface area contributed by atoms with E-state index in [2.05, 4.69) is 63.9 Å². The lowest BCUT2D eigenvalue weighted by Gasteiger charge is -2.06. The van der Waals surface area contributed by atoms with Crippen molar-refractivity contribution in [2.75, 3.05) is 0 Å². The van der Waals surface area contributed by atoms with Gasteiger partial charge in [-0.25, -0.2) is 9.97 Å². The van der Waals surface area contributed by atoms with E-state index in [9.17, 15) is 0 Å². The van der Waals surface area contributed by atoms with Crippen LogP contribution in [0.4, 0.5) is 0 Å². The van der Waals surface area contributed by atoms with Crippen LogP contribution < -0.4 is 0 Å². The first kappa shape index (κ1) is 12.1. The fraction of sp³-hybridized carbons (Fsp3) is 0.111. The average Bonchev–Trinajstić information content (AvgIpc) is 2.80. The quantitative estimate of drug-likeness (QED) is 0.520. The smallest absolute Gasteiger partial charge is 0.234 e. The monoisotopic (exact) mass is 273 g/mol. The van der Waals surface area contributed by atoms with Gasteiger partial charge in [-0.3, -0.25) is 4.57 Å². The van der Waals surface area contributed by atoms with Crippen molar-refractivity contribution in [2.45, 2.75) is 13.8 Å². The van der Waals surface area contributed by atoms with Gasteiger partial charge in [-0.1, -0.05) is 30.3 Å². The molecule has 2 heterocycles. The van der Waals surface area contributed by atoms with Crippen molar-refractivity contribution in [2.24, 2.45) is 0 Å². The summed E-state index contributed by atoms with van der Waals surface area (Å²) in [6.45, 7) is 4.10. The average molecular weight is 273 g/mol. The predicted octanol–water partition coefficient (Wildman–Crippen LogP) is 4.19. The Hall–Kier alpha value is -2.68. The summed E-state index contributed by atoms with van der Waals surface area (Å²) in [5.74, 6) is 0.729. The zero-order valence-corrected chi connectivity index (χ0v) is 12.0. The van der Waals surface area contributed by atoms with E-state index in [0.29, 0.717) is 0 Å². The van der Waals surface area contributed by atoms with E-state index in [1.165, 1.54) is 16.3 Å². The van der Waals surface area contributed by atoms with E-state index in [0.717, 1.165) is 22.7 Å². The molecule has 0 amide bonds. The molecule has 4 rings (SSSR count). The molecule has 2 aromatic carbocycles. The first-order valence-electron chi connectivity index (χ1n) is 7.04. The highest BCUT2D eigenvalue weighted by Gasteiger charge is 2.13. The van der Waals surface area contributed by atoms with Crippen LogP contribution in [0.15, 0.2) is 54.7 Å². The minimum absolute atomic E-state index is 0.729. The van der Waals surface area contributed by atoms with Crippen LogP contribution in [-0.2, 0) is 0 Å². The van der Waals surface area contributed by atoms with Crippen LogP contribution in [0.2, 0.25) is 0 Å². The number of hydrogen-bond donors (Lipinski definition) is 0. The van der Waals surface area contributed by atoms with Gasteiger partial charge >= 0.3 is 0 Å². The summed E-state index contributed by atoms with van der Waals surface area (Å²) in [5.41, 5.74) is 4.50. The largest absolute Gasteiger partial charge is 0.278 e. The zero-order chi connectivity index (χ0) is 14.4. The first-order chi connectivity index (χ1) is 10.2. The lowest BCUT2D eigenvalue weighted by molar-refractivity contribution is 0.963. The van der Waals surface area contributed by atoms with Crippen molar-refractivity contribution >= 4 is 21.8 Å². The Morgan fingerprint density at radius 2 is 1.67 bits per heavy atom. The maximum atomic E-state index is 4.60. The fourth-order valence-corrected chi connectivity index (χ4v) is 2.84. The van der Waals surface area contributed by atoms with Gasteiger partial charge in [0.1, 0.15) is 0 Å². The van der Waals surface area contributed by atoms with Crippen LogP contribution in [0.5, 0.6) is 0 Å². The van der Waals surface area contributed by atoms with Crippen molar-refractivity contribution in [1.29, 1.82) is 0 Å². The summed E-state index contributed by atoms with van der Waals surface area (Å²) in [4.78, 5) is 9.06. The number of fused-ring (bicyclic) bond motifs is 3. The van der Waals surface area contributed by atoms with Gasteiger partial charge in [0.15, 0.2) is 0 Å². The topological polar surface area (TPSA) is 30.7 Å². The van der Waals surface area contributed by atoms with E-state index in [1.54, 1.807) is 0 Å². The molecular weight excluding hydrogens is 258 g/mol. The van der Waals surface area contributed by atoms with Crippen LogP contribution >= 0.6 is 0 Å². The molecule has 2 aromatic heterocycles. The molecule has 0 aliphatic heterocycles. The first-order valence-corrected chi connectivity index (χ1v) is 7.04. The third-order valence-electron chi connectivity index (χ3n) is 3.81. The van der Waals surface area contributed by atoms with E-state index >= 15 is 0 Å². The van der Waals surface area contributed by atoms with Crippen molar-refractivity contribution in [1.82, 2.24) is 14.5 Å². The molecule has 0 unspecified atom stereocenters. The molecule has 4 aromatic rings. The predicted molar refractivity (Wildman–Crippen MR) is 85.8 cm³/mol. The second-order valence-electron chi connectivity index (χ2n) is 5.37. The Morgan fingerprint density at radius 1 is 0.857 bits per heavy atom. The number of aromatic nitrogens is 3. The lowest BCUT2D eigenvalue weighted by Crippen LogP contribution is -2.01. The van der Waals surface area contributed by atoms with Crippen molar-refractivity contribution in [3.05, 3.63) is 66.0 Å². The van der Waals surface area contributed by atoms with Crippen molar-refractivity contribution in [3.63, 3.8) is 0 Å². The van der Waals surface area contributed by atoms with Crippen molar-refractivity contribution < 1.29 is 0 Å². The SMILES string of the molecule is Cc1ccc2c3ccccc3n(-c3nccc(C)n3)c2c1. The molecule has 0 spiro atoms. The third kappa shape index (κ3) is 1.82. The number of nitrogens with zero attached hydrogens (tertiary/aromatic N) is 3. The number of rotatable bonds is 1. The number of para-hydroxylation sites is 1. The standard InChI is InChI=1S/C18H15N3/c1-12-7-8-15-14-5-3-4-6-16(14)21(17(15)11-12)18-19-10-9-13(2)20-18/h3-11H,1-2H3. The minimum Gasteiger partial charge on any atom is -0.278 e. The summed E-state index contributed by atoms with van der Waals surface area (Å²) in [6, 6.07) is 16.8. The highest BCUT2D eigenvalue weighted by molar-refractivity contribution is 6.09. The summed E-state index contributed by atoms with van der Waals surface area (Å²) in [6.07, 6.45) is 1.81. The molecule has 0 saturated heterocycles. The number of benzene rings is 2. The molecule has 0 atom stereocenters. The Morgan fingerprint density at radius 3 is 2.52 bits per heavy atom. The van der Waals surface area contributed by atoms with Gasteiger partial charge in [-0.15, -0.1) is 0 Å². The molecule has 0 fully saturated rings. The highest BCUT2D eigenvalue weighted by atomic mass is 15.2. The van der Waals surface area contributed by atoms with Crippen LogP contribution in [0.1, 0.15) is 11.3 Å². The molecule has 0 saturated carbocycles. The maximum Gasteiger partial charge on any atom is 0.234 e. The molecule has 0 radical (unpaired) electrons. The normalized spacial score (nSPS) is 11.3. The molecule has 102 valence electrons. The van der Waals surface area contributed by atoms with E-state index in [1.807, 2.05) is 19.2 Å². The molecule has 21 heavy (non-hydrogen) atoms. The summed E-state index contributed by atoms with van der Waals surface area (Å²) < 4.78 is 2.14. The van der Waals surface area contributed by atoms with Gasteiger partial charge in [-0.2, -0.15) is 0 Å². The van der Waals surface area contributed by atoms with Crippen LogP contribution in [0, 0.1) is 13.8 Å². The van der Waals surface area contributed by atoms with E-state index in [4.69, 9.17) is 0 Å². The summed E-state index contributed by atoms with van der Waals surface area (Å²) in [7, 11) is 0. The van der Waals surface area contributed by atoms with Gasteiger partial charge in [0.05, 0.1) is 11.0 Å². The molecule has 3 nitrogen and oxygen atoms in total. The Bertz CT molecular complexity index is 967. The molecular formula is C18H15N3. The van der Waals surface area contributed by atoms with Gasteiger partial charge < -0.3 is 0 Å².